The molecule has 1 fully saturated rings. The first-order valence-electron chi connectivity index (χ1n) is 10.5. The fraction of sp³-hybridized carbons (Fsp3) is 0.364. The zero-order valence-electron chi connectivity index (χ0n) is 18.6. The molecule has 4 rings (SSSR count). The van der Waals surface area contributed by atoms with Crippen LogP contribution in [0.15, 0.2) is 44.8 Å². The molecule has 1 aliphatic rings. The molecule has 1 aliphatic heterocycles. The molecule has 0 spiro atoms. The predicted molar refractivity (Wildman–Crippen MR) is 129 cm³/mol. The molecular formula is C22H25ClN4O5S. The number of nitrogens with one attached hydrogen (secondary N) is 1. The molecule has 9 nitrogen and oxygen atoms in total. The third kappa shape index (κ3) is 4.20. The second-order valence-electron chi connectivity index (χ2n) is 8.03. The van der Waals surface area contributed by atoms with E-state index >= 15 is 0 Å². The Hall–Kier alpha value is -2.98. The second kappa shape index (κ2) is 8.75. The highest BCUT2D eigenvalue weighted by Crippen LogP contribution is 2.35. The lowest BCUT2D eigenvalue weighted by Gasteiger charge is -2.31. The first kappa shape index (κ1) is 23.2. The number of rotatable bonds is 5. The maximum absolute atomic E-state index is 13.4. The molecular weight excluding hydrogens is 468 g/mol. The number of anilines is 2. The van der Waals surface area contributed by atoms with E-state index in [0.717, 1.165) is 32.4 Å². The lowest BCUT2D eigenvalue weighted by atomic mass is 10.1. The Morgan fingerprint density at radius 1 is 0.939 bits per heavy atom. The van der Waals surface area contributed by atoms with Gasteiger partial charge in [0, 0.05) is 32.2 Å². The third-order valence-corrected chi connectivity index (χ3v) is 7.59. The molecule has 0 saturated carbocycles. The summed E-state index contributed by atoms with van der Waals surface area (Å²) < 4.78 is 37.2. The Morgan fingerprint density at radius 3 is 2.15 bits per heavy atom. The summed E-state index contributed by atoms with van der Waals surface area (Å²) in [5.41, 5.74) is 0.567. The number of fused-ring (bicyclic) bond motifs is 1. The molecule has 0 aliphatic carbocycles. The molecule has 3 aromatic rings. The highest BCUT2D eigenvalue weighted by molar-refractivity contribution is 7.92. The van der Waals surface area contributed by atoms with Gasteiger partial charge < -0.3 is 18.8 Å². The van der Waals surface area contributed by atoms with Crippen molar-refractivity contribution in [3.63, 3.8) is 0 Å². The maximum atomic E-state index is 13.4. The maximum Gasteiger partial charge on any atom is 0.316 e. The highest BCUT2D eigenvalue weighted by atomic mass is 35.5. The Morgan fingerprint density at radius 2 is 1.55 bits per heavy atom. The number of methoxy groups -OCH3 is 1. The molecule has 0 amide bonds. The summed E-state index contributed by atoms with van der Waals surface area (Å²) in [7, 11) is 0.316. The van der Waals surface area contributed by atoms with Crippen molar-refractivity contribution in [2.24, 2.45) is 14.1 Å². The Bertz CT molecular complexity index is 1460. The lowest BCUT2D eigenvalue weighted by Crippen LogP contribution is -2.39. The van der Waals surface area contributed by atoms with Crippen LogP contribution in [0.4, 0.5) is 11.4 Å². The van der Waals surface area contributed by atoms with E-state index in [4.69, 9.17) is 16.3 Å². The van der Waals surface area contributed by atoms with Crippen LogP contribution in [-0.4, -0.2) is 37.8 Å². The van der Waals surface area contributed by atoms with Crippen LogP contribution < -0.4 is 25.5 Å². The molecule has 2 aromatic carbocycles. The largest absolute Gasteiger partial charge is 0.495 e. The summed E-state index contributed by atoms with van der Waals surface area (Å²) in [6.07, 6.45) is 3.04. The zero-order valence-corrected chi connectivity index (χ0v) is 20.2. The standard InChI is InChI=1S/C22H25ClN4O5S/c1-25-17-12-15(24-33(30,31)20-11-14(23)7-8-19(20)32-3)16(27-9-5-4-6-10-27)13-18(17)26(2)22(29)21(25)28/h7-8,11-13,24H,4-6,9-10H2,1-3H3. The van der Waals surface area contributed by atoms with Gasteiger partial charge in [0.25, 0.3) is 10.0 Å². The fourth-order valence-electron chi connectivity index (χ4n) is 4.15. The van der Waals surface area contributed by atoms with Crippen molar-refractivity contribution < 1.29 is 13.2 Å². The quantitative estimate of drug-likeness (QED) is 0.549. The average Bonchev–Trinajstić information content (AvgIpc) is 2.81. The molecule has 0 atom stereocenters. The van der Waals surface area contributed by atoms with Gasteiger partial charge in [0.15, 0.2) is 0 Å². The van der Waals surface area contributed by atoms with Gasteiger partial charge in [0.2, 0.25) is 0 Å². The summed E-state index contributed by atoms with van der Waals surface area (Å²) in [6, 6.07) is 7.71. The van der Waals surface area contributed by atoms with E-state index in [1.807, 2.05) is 0 Å². The van der Waals surface area contributed by atoms with Crippen LogP contribution in [-0.2, 0) is 24.1 Å². The number of hydrogen-bond acceptors (Lipinski definition) is 6. The van der Waals surface area contributed by atoms with Crippen LogP contribution in [0.5, 0.6) is 5.75 Å². The summed E-state index contributed by atoms with van der Waals surface area (Å²) in [6.45, 7) is 1.50. The van der Waals surface area contributed by atoms with E-state index in [0.29, 0.717) is 22.4 Å². The number of halogens is 1. The summed E-state index contributed by atoms with van der Waals surface area (Å²) in [5.74, 6) is 0.155. The molecule has 176 valence electrons. The minimum Gasteiger partial charge on any atom is -0.495 e. The topological polar surface area (TPSA) is 103 Å². The molecule has 1 saturated heterocycles. The van der Waals surface area contributed by atoms with Gasteiger partial charge in [-0.15, -0.1) is 0 Å². The van der Waals surface area contributed by atoms with Gasteiger partial charge in [-0.1, -0.05) is 11.6 Å². The van der Waals surface area contributed by atoms with Crippen molar-refractivity contribution in [2.45, 2.75) is 24.2 Å². The molecule has 1 N–H and O–H groups in total. The first-order chi connectivity index (χ1) is 15.6. The van der Waals surface area contributed by atoms with Gasteiger partial charge in [-0.3, -0.25) is 14.3 Å². The number of sulfonamides is 1. The van der Waals surface area contributed by atoms with Crippen LogP contribution in [0, 0.1) is 0 Å². The number of ether oxygens (including phenoxy) is 1. The molecule has 0 radical (unpaired) electrons. The second-order valence-corrected chi connectivity index (χ2v) is 10.1. The molecule has 1 aromatic heterocycles. The number of nitrogens with zero attached hydrogens (tertiary/aromatic N) is 3. The number of benzene rings is 2. The summed E-state index contributed by atoms with van der Waals surface area (Å²) >= 11 is 6.06. The van der Waals surface area contributed by atoms with Crippen LogP contribution in [0.3, 0.4) is 0 Å². The smallest absolute Gasteiger partial charge is 0.316 e. The fourth-order valence-corrected chi connectivity index (χ4v) is 5.65. The van der Waals surface area contributed by atoms with Crippen LogP contribution in [0.25, 0.3) is 11.0 Å². The minimum atomic E-state index is -4.09. The summed E-state index contributed by atoms with van der Waals surface area (Å²) in [4.78, 5) is 26.7. The highest BCUT2D eigenvalue weighted by Gasteiger charge is 2.25. The first-order valence-corrected chi connectivity index (χ1v) is 12.3. The predicted octanol–water partition coefficient (Wildman–Crippen LogP) is 2.69. The van der Waals surface area contributed by atoms with E-state index in [-0.39, 0.29) is 15.7 Å². The Kier molecular flexibility index (Phi) is 6.15. The Labute approximate surface area is 196 Å². The van der Waals surface area contributed by atoms with Gasteiger partial charge >= 0.3 is 11.1 Å². The van der Waals surface area contributed by atoms with Crippen molar-refractivity contribution >= 4 is 44.0 Å². The average molecular weight is 493 g/mol. The van der Waals surface area contributed by atoms with Crippen LogP contribution in [0.1, 0.15) is 19.3 Å². The normalized spacial score (nSPS) is 14.5. The molecule has 0 bridgehead atoms. The number of aryl methyl sites for hydroxylation is 2. The van der Waals surface area contributed by atoms with E-state index < -0.39 is 21.1 Å². The minimum absolute atomic E-state index is 0.100. The van der Waals surface area contributed by atoms with Crippen molar-refractivity contribution in [1.29, 1.82) is 0 Å². The molecule has 2 heterocycles. The number of hydrogen-bond donors (Lipinski definition) is 1. The SMILES string of the molecule is COc1ccc(Cl)cc1S(=O)(=O)Nc1cc2c(cc1N1CCCCC1)n(C)c(=O)c(=O)n2C. The van der Waals surface area contributed by atoms with Gasteiger partial charge in [-0.05, 0) is 49.6 Å². The molecule has 0 unspecified atom stereocenters. The van der Waals surface area contributed by atoms with E-state index in [2.05, 4.69) is 9.62 Å². The van der Waals surface area contributed by atoms with Crippen molar-refractivity contribution in [3.8, 4) is 5.75 Å². The molecule has 33 heavy (non-hydrogen) atoms. The Balaban J connectivity index is 1.94. The van der Waals surface area contributed by atoms with Crippen LogP contribution in [0.2, 0.25) is 5.02 Å². The van der Waals surface area contributed by atoms with Crippen molar-refractivity contribution in [1.82, 2.24) is 9.13 Å². The van der Waals surface area contributed by atoms with Gasteiger partial charge in [0.05, 0.1) is 29.5 Å². The monoisotopic (exact) mass is 492 g/mol. The van der Waals surface area contributed by atoms with Gasteiger partial charge in [-0.25, -0.2) is 8.42 Å². The van der Waals surface area contributed by atoms with Crippen molar-refractivity contribution in [2.75, 3.05) is 29.8 Å². The lowest BCUT2D eigenvalue weighted by molar-refractivity contribution is 0.403. The van der Waals surface area contributed by atoms with E-state index in [9.17, 15) is 18.0 Å². The van der Waals surface area contributed by atoms with Crippen LogP contribution >= 0.6 is 11.6 Å². The van der Waals surface area contributed by atoms with Gasteiger partial charge in [0.1, 0.15) is 10.6 Å². The zero-order chi connectivity index (χ0) is 23.9. The van der Waals surface area contributed by atoms with E-state index in [1.54, 1.807) is 18.2 Å². The molecule has 11 heteroatoms. The third-order valence-electron chi connectivity index (χ3n) is 5.96. The van der Waals surface area contributed by atoms with E-state index in [1.165, 1.54) is 42.5 Å². The number of piperidine rings is 1. The summed E-state index contributed by atoms with van der Waals surface area (Å²) in [5, 5.41) is 0.253. The number of aromatic nitrogens is 2. The van der Waals surface area contributed by atoms with Gasteiger partial charge in [-0.2, -0.15) is 0 Å². The van der Waals surface area contributed by atoms with Crippen molar-refractivity contribution in [3.05, 3.63) is 56.1 Å².